The minimum atomic E-state index is -0.400. The standard InChI is InChI=1S/C14H22N2O3/c1-3-16(4-2)9-11-5-6-12(19-11)13(18)15-14(10-17)7-8-14/h5-6,17H,3-4,7-10H2,1-2H3,(H,15,18). The number of aliphatic hydroxyl groups excluding tert-OH is 1. The lowest BCUT2D eigenvalue weighted by molar-refractivity contribution is 0.0875. The number of carbonyl (C=O) groups is 1. The van der Waals surface area contributed by atoms with Crippen LogP contribution in [0, 0.1) is 0 Å². The van der Waals surface area contributed by atoms with Crippen LogP contribution in [0.3, 0.4) is 0 Å². The first-order valence-electron chi connectivity index (χ1n) is 6.87. The molecule has 2 rings (SSSR count). The highest BCUT2D eigenvalue weighted by atomic mass is 16.4. The highest BCUT2D eigenvalue weighted by molar-refractivity contribution is 5.92. The largest absolute Gasteiger partial charge is 0.455 e. The van der Waals surface area contributed by atoms with Crippen LogP contribution in [0.4, 0.5) is 0 Å². The van der Waals surface area contributed by atoms with Gasteiger partial charge in [0, 0.05) is 0 Å². The molecule has 0 spiro atoms. The zero-order valence-electron chi connectivity index (χ0n) is 11.6. The van der Waals surface area contributed by atoms with Crippen LogP contribution < -0.4 is 5.32 Å². The van der Waals surface area contributed by atoms with E-state index in [1.165, 1.54) is 0 Å². The Bertz CT molecular complexity index is 434. The maximum absolute atomic E-state index is 12.0. The smallest absolute Gasteiger partial charge is 0.287 e. The third-order valence-electron chi connectivity index (χ3n) is 3.69. The molecule has 1 aliphatic rings. The zero-order chi connectivity index (χ0) is 13.9. The molecule has 0 aromatic carbocycles. The van der Waals surface area contributed by atoms with Gasteiger partial charge in [0.1, 0.15) is 5.76 Å². The molecule has 0 unspecified atom stereocenters. The van der Waals surface area contributed by atoms with Crippen molar-refractivity contribution in [2.45, 2.75) is 38.8 Å². The Hall–Kier alpha value is -1.33. The van der Waals surface area contributed by atoms with E-state index in [4.69, 9.17) is 4.42 Å². The number of amides is 1. The lowest BCUT2D eigenvalue weighted by atomic mass is 10.3. The van der Waals surface area contributed by atoms with Crippen molar-refractivity contribution in [2.75, 3.05) is 19.7 Å². The van der Waals surface area contributed by atoms with Gasteiger partial charge in [-0.25, -0.2) is 0 Å². The summed E-state index contributed by atoms with van der Waals surface area (Å²) in [5.41, 5.74) is -0.400. The van der Waals surface area contributed by atoms with E-state index in [1.54, 1.807) is 6.07 Å². The molecule has 2 N–H and O–H groups in total. The Morgan fingerprint density at radius 1 is 1.42 bits per heavy atom. The van der Waals surface area contributed by atoms with Gasteiger partial charge in [-0.1, -0.05) is 13.8 Å². The molecular weight excluding hydrogens is 244 g/mol. The van der Waals surface area contributed by atoms with Gasteiger partial charge in [0.2, 0.25) is 0 Å². The highest BCUT2D eigenvalue weighted by Crippen LogP contribution is 2.34. The predicted molar refractivity (Wildman–Crippen MR) is 71.9 cm³/mol. The van der Waals surface area contributed by atoms with Crippen LogP contribution in [0.15, 0.2) is 16.5 Å². The summed E-state index contributed by atoms with van der Waals surface area (Å²) in [7, 11) is 0. The third-order valence-corrected chi connectivity index (χ3v) is 3.69. The summed E-state index contributed by atoms with van der Waals surface area (Å²) in [4.78, 5) is 14.2. The van der Waals surface area contributed by atoms with E-state index < -0.39 is 5.54 Å². The Balaban J connectivity index is 1.94. The Morgan fingerprint density at radius 3 is 2.63 bits per heavy atom. The molecule has 1 heterocycles. The van der Waals surface area contributed by atoms with Gasteiger partial charge in [0.25, 0.3) is 5.91 Å². The molecule has 5 heteroatoms. The molecule has 5 nitrogen and oxygen atoms in total. The van der Waals surface area contributed by atoms with Gasteiger partial charge in [0.15, 0.2) is 5.76 Å². The van der Waals surface area contributed by atoms with Crippen LogP contribution in [0.5, 0.6) is 0 Å². The van der Waals surface area contributed by atoms with E-state index in [1.807, 2.05) is 6.07 Å². The van der Waals surface area contributed by atoms with Crippen molar-refractivity contribution in [1.82, 2.24) is 10.2 Å². The zero-order valence-corrected chi connectivity index (χ0v) is 11.6. The Morgan fingerprint density at radius 2 is 2.11 bits per heavy atom. The number of hydrogen-bond donors (Lipinski definition) is 2. The average Bonchev–Trinajstić information content (AvgIpc) is 3.04. The first kappa shape index (κ1) is 14.1. The summed E-state index contributed by atoms with van der Waals surface area (Å²) in [6, 6.07) is 3.54. The first-order chi connectivity index (χ1) is 9.12. The maximum atomic E-state index is 12.0. The number of rotatable bonds is 7. The van der Waals surface area contributed by atoms with Crippen LogP contribution in [-0.2, 0) is 6.54 Å². The normalized spacial score (nSPS) is 16.6. The summed E-state index contributed by atoms with van der Waals surface area (Å²) in [5.74, 6) is 0.877. The summed E-state index contributed by atoms with van der Waals surface area (Å²) < 4.78 is 5.56. The molecular formula is C14H22N2O3. The topological polar surface area (TPSA) is 65.7 Å². The Labute approximate surface area is 113 Å². The summed E-state index contributed by atoms with van der Waals surface area (Å²) in [6.45, 7) is 6.80. The molecule has 1 fully saturated rings. The fourth-order valence-electron chi connectivity index (χ4n) is 2.03. The SMILES string of the molecule is CCN(CC)Cc1ccc(C(=O)NC2(CO)CC2)o1. The molecule has 0 atom stereocenters. The van der Waals surface area contributed by atoms with Crippen LogP contribution in [0.25, 0.3) is 0 Å². The minimum Gasteiger partial charge on any atom is -0.455 e. The maximum Gasteiger partial charge on any atom is 0.287 e. The molecule has 0 aliphatic heterocycles. The molecule has 1 aromatic heterocycles. The fraction of sp³-hybridized carbons (Fsp3) is 0.643. The van der Waals surface area contributed by atoms with Crippen molar-refractivity contribution in [1.29, 1.82) is 0 Å². The number of furan rings is 1. The predicted octanol–water partition coefficient (Wildman–Crippen LogP) is 1.38. The van der Waals surface area contributed by atoms with E-state index in [-0.39, 0.29) is 12.5 Å². The first-order valence-corrected chi connectivity index (χ1v) is 6.87. The van der Waals surface area contributed by atoms with Crippen molar-refractivity contribution in [3.05, 3.63) is 23.7 Å². The Kier molecular flexibility index (Phi) is 4.27. The molecule has 1 aliphatic carbocycles. The molecule has 1 aromatic rings. The number of nitrogens with one attached hydrogen (secondary N) is 1. The van der Waals surface area contributed by atoms with Crippen LogP contribution in [0.2, 0.25) is 0 Å². The van der Waals surface area contributed by atoms with E-state index in [0.717, 1.165) is 31.7 Å². The van der Waals surface area contributed by atoms with E-state index in [2.05, 4.69) is 24.1 Å². The van der Waals surface area contributed by atoms with Crippen LogP contribution >= 0.6 is 0 Å². The van der Waals surface area contributed by atoms with Gasteiger partial charge < -0.3 is 14.8 Å². The molecule has 106 valence electrons. The molecule has 1 amide bonds. The van der Waals surface area contributed by atoms with Crippen molar-refractivity contribution in [2.24, 2.45) is 0 Å². The van der Waals surface area contributed by atoms with Crippen molar-refractivity contribution in [3.63, 3.8) is 0 Å². The van der Waals surface area contributed by atoms with E-state index >= 15 is 0 Å². The molecule has 19 heavy (non-hydrogen) atoms. The van der Waals surface area contributed by atoms with Gasteiger partial charge in [-0.2, -0.15) is 0 Å². The highest BCUT2D eigenvalue weighted by Gasteiger charge is 2.43. The van der Waals surface area contributed by atoms with E-state index in [9.17, 15) is 9.90 Å². The van der Waals surface area contributed by atoms with Gasteiger partial charge >= 0.3 is 0 Å². The summed E-state index contributed by atoms with van der Waals surface area (Å²) >= 11 is 0. The average molecular weight is 266 g/mol. The van der Waals surface area contributed by atoms with Crippen molar-refractivity contribution < 1.29 is 14.3 Å². The molecule has 0 saturated heterocycles. The number of aliphatic hydroxyl groups is 1. The second-order valence-corrected chi connectivity index (χ2v) is 5.12. The third kappa shape index (κ3) is 3.36. The van der Waals surface area contributed by atoms with E-state index in [0.29, 0.717) is 12.3 Å². The molecule has 0 bridgehead atoms. The molecule has 1 saturated carbocycles. The summed E-state index contributed by atoms with van der Waals surface area (Å²) in [6.07, 6.45) is 1.67. The molecule has 0 radical (unpaired) electrons. The van der Waals surface area contributed by atoms with Gasteiger partial charge in [-0.3, -0.25) is 9.69 Å². The quantitative estimate of drug-likeness (QED) is 0.782. The van der Waals surface area contributed by atoms with Gasteiger partial charge in [-0.15, -0.1) is 0 Å². The lowest BCUT2D eigenvalue weighted by Crippen LogP contribution is -2.39. The van der Waals surface area contributed by atoms with Crippen LogP contribution in [-0.4, -0.2) is 41.1 Å². The summed E-state index contributed by atoms with van der Waals surface area (Å²) in [5, 5.41) is 12.0. The monoisotopic (exact) mass is 266 g/mol. The van der Waals surface area contributed by atoms with Gasteiger partial charge in [0.05, 0.1) is 18.7 Å². The van der Waals surface area contributed by atoms with Crippen molar-refractivity contribution >= 4 is 5.91 Å². The second-order valence-electron chi connectivity index (χ2n) is 5.12. The minimum absolute atomic E-state index is 0.00818. The number of nitrogens with zero attached hydrogens (tertiary/aromatic N) is 1. The number of hydrogen-bond acceptors (Lipinski definition) is 4. The fourth-order valence-corrected chi connectivity index (χ4v) is 2.03. The van der Waals surface area contributed by atoms with Crippen molar-refractivity contribution in [3.8, 4) is 0 Å². The lowest BCUT2D eigenvalue weighted by Gasteiger charge is -2.16. The van der Waals surface area contributed by atoms with Crippen LogP contribution in [0.1, 0.15) is 43.0 Å². The number of carbonyl (C=O) groups excluding carboxylic acids is 1. The second kappa shape index (κ2) is 5.75. The van der Waals surface area contributed by atoms with Gasteiger partial charge in [-0.05, 0) is 38.1 Å².